The fourth-order valence-electron chi connectivity index (χ4n) is 2.50. The topological polar surface area (TPSA) is 12.0 Å². The molecule has 2 rings (SSSR count). The van der Waals surface area contributed by atoms with Crippen molar-refractivity contribution in [3.05, 3.63) is 69.7 Å². The van der Waals surface area contributed by atoms with Gasteiger partial charge in [-0.15, -0.1) is 0 Å². The molecule has 0 saturated carbocycles. The first-order valence-electron chi connectivity index (χ1n) is 6.91. The summed E-state index contributed by atoms with van der Waals surface area (Å²) < 4.78 is 27.8. The third kappa shape index (κ3) is 4.90. The first-order valence-corrected chi connectivity index (χ1v) is 7.70. The normalized spacial score (nSPS) is 12.4. The zero-order chi connectivity index (χ0) is 15.2. The van der Waals surface area contributed by atoms with E-state index in [9.17, 15) is 8.78 Å². The van der Waals surface area contributed by atoms with Gasteiger partial charge in [0.2, 0.25) is 0 Å². The van der Waals surface area contributed by atoms with Gasteiger partial charge in [-0.3, -0.25) is 0 Å². The van der Waals surface area contributed by atoms with Crippen LogP contribution in [0.15, 0.2) is 46.9 Å². The molecule has 0 aliphatic heterocycles. The van der Waals surface area contributed by atoms with Crippen molar-refractivity contribution in [2.45, 2.75) is 12.8 Å². The molecule has 1 nitrogen and oxygen atoms in total. The van der Waals surface area contributed by atoms with Crippen molar-refractivity contribution in [1.29, 1.82) is 0 Å². The average molecular weight is 354 g/mol. The van der Waals surface area contributed by atoms with Gasteiger partial charge in [0, 0.05) is 10.5 Å². The summed E-state index contributed by atoms with van der Waals surface area (Å²) in [6.45, 7) is 0.781. The molecule has 112 valence electrons. The van der Waals surface area contributed by atoms with Crippen LogP contribution in [-0.4, -0.2) is 13.6 Å². The van der Waals surface area contributed by atoms with Crippen LogP contribution in [0.3, 0.4) is 0 Å². The maximum Gasteiger partial charge on any atom is 0.129 e. The van der Waals surface area contributed by atoms with Crippen LogP contribution in [0, 0.1) is 17.6 Å². The van der Waals surface area contributed by atoms with E-state index in [1.54, 1.807) is 0 Å². The minimum absolute atomic E-state index is 0.254. The molecule has 0 heterocycles. The smallest absolute Gasteiger partial charge is 0.129 e. The van der Waals surface area contributed by atoms with Crippen molar-refractivity contribution in [3.8, 4) is 0 Å². The first-order chi connectivity index (χ1) is 10.1. The molecular weight excluding hydrogens is 336 g/mol. The van der Waals surface area contributed by atoms with Crippen LogP contribution < -0.4 is 5.32 Å². The monoisotopic (exact) mass is 353 g/mol. The number of rotatable bonds is 6. The van der Waals surface area contributed by atoms with Crippen molar-refractivity contribution in [2.24, 2.45) is 5.92 Å². The molecule has 1 N–H and O–H groups in total. The number of hydrogen-bond acceptors (Lipinski definition) is 1. The Labute approximate surface area is 132 Å². The van der Waals surface area contributed by atoms with Crippen molar-refractivity contribution in [3.63, 3.8) is 0 Å². The summed E-state index contributed by atoms with van der Waals surface area (Å²) in [4.78, 5) is 0. The fraction of sp³-hybridized carbons (Fsp3) is 0.294. The minimum atomic E-state index is -0.534. The quantitative estimate of drug-likeness (QED) is 0.813. The summed E-state index contributed by atoms with van der Waals surface area (Å²) in [6, 6.07) is 11.9. The SMILES string of the molecule is CNCC(Cc1cccc(Br)c1)Cc1ccc(F)cc1F. The van der Waals surface area contributed by atoms with Gasteiger partial charge in [-0.1, -0.05) is 34.1 Å². The summed E-state index contributed by atoms with van der Waals surface area (Å²) in [5, 5.41) is 3.15. The van der Waals surface area contributed by atoms with Crippen molar-refractivity contribution >= 4 is 15.9 Å². The van der Waals surface area contributed by atoms with E-state index < -0.39 is 11.6 Å². The molecule has 0 spiro atoms. The van der Waals surface area contributed by atoms with Crippen molar-refractivity contribution < 1.29 is 8.78 Å². The van der Waals surface area contributed by atoms with Crippen LogP contribution in [0.25, 0.3) is 0 Å². The number of benzene rings is 2. The lowest BCUT2D eigenvalue weighted by Crippen LogP contribution is -2.23. The Morgan fingerprint density at radius 2 is 1.90 bits per heavy atom. The van der Waals surface area contributed by atoms with Crippen LogP contribution in [0.4, 0.5) is 8.78 Å². The highest BCUT2D eigenvalue weighted by molar-refractivity contribution is 9.10. The summed E-state index contributed by atoms with van der Waals surface area (Å²) >= 11 is 3.46. The maximum absolute atomic E-state index is 13.8. The summed E-state index contributed by atoms with van der Waals surface area (Å²) in [6.07, 6.45) is 1.43. The predicted octanol–water partition coefficient (Wildman–Crippen LogP) is 4.35. The molecule has 1 unspecified atom stereocenters. The Morgan fingerprint density at radius 3 is 2.57 bits per heavy atom. The second-order valence-electron chi connectivity index (χ2n) is 5.20. The lowest BCUT2D eigenvalue weighted by Gasteiger charge is -2.17. The molecule has 4 heteroatoms. The Hall–Kier alpha value is -1.26. The van der Waals surface area contributed by atoms with E-state index in [4.69, 9.17) is 0 Å². The van der Waals surface area contributed by atoms with Gasteiger partial charge < -0.3 is 5.32 Å². The molecule has 0 fully saturated rings. The van der Waals surface area contributed by atoms with E-state index in [-0.39, 0.29) is 5.92 Å². The highest BCUT2D eigenvalue weighted by Crippen LogP contribution is 2.19. The van der Waals surface area contributed by atoms with E-state index >= 15 is 0 Å². The third-order valence-electron chi connectivity index (χ3n) is 3.43. The number of nitrogens with one attached hydrogen (secondary N) is 1. The number of hydrogen-bond donors (Lipinski definition) is 1. The van der Waals surface area contributed by atoms with Crippen LogP contribution in [0.1, 0.15) is 11.1 Å². The van der Waals surface area contributed by atoms with Crippen LogP contribution >= 0.6 is 15.9 Å². The van der Waals surface area contributed by atoms with E-state index in [2.05, 4.69) is 33.4 Å². The predicted molar refractivity (Wildman–Crippen MR) is 85.3 cm³/mol. The molecule has 21 heavy (non-hydrogen) atoms. The Balaban J connectivity index is 2.11. The van der Waals surface area contributed by atoms with Gasteiger partial charge in [-0.05, 0) is 61.7 Å². The molecule has 0 aliphatic rings. The fourth-order valence-corrected chi connectivity index (χ4v) is 2.95. The van der Waals surface area contributed by atoms with E-state index in [0.29, 0.717) is 12.0 Å². The first kappa shape index (κ1) is 16.1. The second kappa shape index (κ2) is 7.66. The molecule has 0 saturated heterocycles. The summed E-state index contributed by atoms with van der Waals surface area (Å²) in [5.41, 5.74) is 1.76. The Morgan fingerprint density at radius 1 is 1.10 bits per heavy atom. The second-order valence-corrected chi connectivity index (χ2v) is 6.11. The largest absolute Gasteiger partial charge is 0.319 e. The van der Waals surface area contributed by atoms with Crippen molar-refractivity contribution in [2.75, 3.05) is 13.6 Å². The highest BCUT2D eigenvalue weighted by Gasteiger charge is 2.13. The highest BCUT2D eigenvalue weighted by atomic mass is 79.9. The van der Waals surface area contributed by atoms with Gasteiger partial charge in [0.05, 0.1) is 0 Å². The molecule has 0 amide bonds. The molecular formula is C17H18BrF2N. The van der Waals surface area contributed by atoms with E-state index in [1.807, 2.05) is 19.2 Å². The van der Waals surface area contributed by atoms with Gasteiger partial charge in [0.25, 0.3) is 0 Å². The lowest BCUT2D eigenvalue weighted by molar-refractivity contribution is 0.477. The van der Waals surface area contributed by atoms with Gasteiger partial charge in [-0.2, -0.15) is 0 Å². The molecule has 2 aromatic carbocycles. The average Bonchev–Trinajstić information content (AvgIpc) is 2.42. The molecule has 1 atom stereocenters. The Bertz CT molecular complexity index is 601. The van der Waals surface area contributed by atoms with Gasteiger partial charge in [-0.25, -0.2) is 8.78 Å². The lowest BCUT2D eigenvalue weighted by atomic mass is 9.92. The Kier molecular flexibility index (Phi) is 5.88. The summed E-state index contributed by atoms with van der Waals surface area (Å²) in [7, 11) is 1.88. The molecule has 0 bridgehead atoms. The van der Waals surface area contributed by atoms with Crippen LogP contribution in [0.2, 0.25) is 0 Å². The van der Waals surface area contributed by atoms with Gasteiger partial charge >= 0.3 is 0 Å². The summed E-state index contributed by atoms with van der Waals surface area (Å²) in [5.74, 6) is -0.747. The van der Waals surface area contributed by atoms with Crippen molar-refractivity contribution in [1.82, 2.24) is 5.32 Å². The number of halogens is 3. The standard InChI is InChI=1S/C17H18BrF2N/c1-21-11-13(7-12-3-2-4-15(18)9-12)8-14-5-6-16(19)10-17(14)20/h2-6,9-10,13,21H,7-8,11H2,1H3. The van der Waals surface area contributed by atoms with E-state index in [1.165, 1.54) is 17.7 Å². The van der Waals surface area contributed by atoms with Crippen LogP contribution in [-0.2, 0) is 12.8 Å². The molecule has 0 aliphatic carbocycles. The van der Waals surface area contributed by atoms with Gasteiger partial charge in [0.1, 0.15) is 11.6 Å². The maximum atomic E-state index is 13.8. The van der Waals surface area contributed by atoms with E-state index in [0.717, 1.165) is 23.5 Å². The van der Waals surface area contributed by atoms with Crippen LogP contribution in [0.5, 0.6) is 0 Å². The zero-order valence-electron chi connectivity index (χ0n) is 11.9. The third-order valence-corrected chi connectivity index (χ3v) is 3.92. The molecule has 0 aromatic heterocycles. The van der Waals surface area contributed by atoms with Gasteiger partial charge in [0.15, 0.2) is 0 Å². The molecule has 2 aromatic rings. The zero-order valence-corrected chi connectivity index (χ0v) is 13.5. The molecule has 0 radical (unpaired) electrons. The minimum Gasteiger partial charge on any atom is -0.319 e.